The molecule has 106 valence electrons. The Hall–Kier alpha value is -2.08. The normalized spacial score (nSPS) is 10.2. The third-order valence-corrected chi connectivity index (χ3v) is 2.76. The zero-order chi connectivity index (χ0) is 14.4. The van der Waals surface area contributed by atoms with Gasteiger partial charge in [0.05, 0.1) is 19.0 Å². The van der Waals surface area contributed by atoms with Gasteiger partial charge in [0.15, 0.2) is 5.82 Å². The summed E-state index contributed by atoms with van der Waals surface area (Å²) in [5.41, 5.74) is 0.689. The molecule has 1 aromatic heterocycles. The molecule has 0 saturated heterocycles. The Balaban J connectivity index is 2.19. The van der Waals surface area contributed by atoms with Crippen LogP contribution in [-0.4, -0.2) is 28.8 Å². The van der Waals surface area contributed by atoms with E-state index < -0.39 is 0 Å². The number of nitrogens with one attached hydrogen (secondary N) is 2. The predicted octanol–water partition coefficient (Wildman–Crippen LogP) is 3.10. The van der Waals surface area contributed by atoms with Gasteiger partial charge in [-0.25, -0.2) is 0 Å². The minimum Gasteiger partial charge on any atom is -0.495 e. The van der Waals surface area contributed by atoms with E-state index in [0.717, 1.165) is 13.0 Å². The Morgan fingerprint density at radius 3 is 2.95 bits per heavy atom. The van der Waals surface area contributed by atoms with E-state index in [-0.39, 0.29) is 0 Å². The van der Waals surface area contributed by atoms with Crippen LogP contribution < -0.4 is 15.4 Å². The summed E-state index contributed by atoms with van der Waals surface area (Å²) in [7, 11) is 1.59. The Kier molecular flexibility index (Phi) is 4.95. The molecule has 0 bridgehead atoms. The average molecular weight is 294 g/mol. The zero-order valence-corrected chi connectivity index (χ0v) is 12.1. The van der Waals surface area contributed by atoms with Crippen molar-refractivity contribution in [3.8, 4) is 5.75 Å². The number of nitrogens with zero attached hydrogens (tertiary/aromatic N) is 3. The van der Waals surface area contributed by atoms with Crippen LogP contribution in [0.4, 0.5) is 17.5 Å². The minimum absolute atomic E-state index is 0.381. The Bertz CT molecular complexity index is 578. The molecular weight excluding hydrogens is 278 g/mol. The molecule has 7 heteroatoms. The molecule has 0 fully saturated rings. The van der Waals surface area contributed by atoms with E-state index in [0.29, 0.717) is 28.2 Å². The number of hydrogen-bond donors (Lipinski definition) is 2. The molecule has 2 N–H and O–H groups in total. The molecular formula is C13H16ClN5O. The Labute approximate surface area is 122 Å². The quantitative estimate of drug-likeness (QED) is 0.853. The number of rotatable bonds is 6. The van der Waals surface area contributed by atoms with Crippen LogP contribution in [0.2, 0.25) is 5.02 Å². The fourth-order valence-corrected chi connectivity index (χ4v) is 1.77. The van der Waals surface area contributed by atoms with Crippen molar-refractivity contribution in [2.45, 2.75) is 13.3 Å². The van der Waals surface area contributed by atoms with Crippen LogP contribution in [0.1, 0.15) is 13.3 Å². The molecule has 1 aromatic carbocycles. The highest BCUT2D eigenvalue weighted by atomic mass is 35.5. The third kappa shape index (κ3) is 3.71. The summed E-state index contributed by atoms with van der Waals surface area (Å²) in [6.45, 7) is 2.91. The first-order valence-corrected chi connectivity index (χ1v) is 6.65. The van der Waals surface area contributed by atoms with Gasteiger partial charge in [0.25, 0.3) is 0 Å². The van der Waals surface area contributed by atoms with Gasteiger partial charge in [-0.3, -0.25) is 0 Å². The molecule has 20 heavy (non-hydrogen) atoms. The van der Waals surface area contributed by atoms with Crippen LogP contribution in [0.15, 0.2) is 24.4 Å². The Morgan fingerprint density at radius 2 is 2.20 bits per heavy atom. The molecule has 1 heterocycles. The van der Waals surface area contributed by atoms with Gasteiger partial charge in [0.2, 0.25) is 5.95 Å². The molecule has 0 unspecified atom stereocenters. The molecule has 0 atom stereocenters. The molecule has 0 aliphatic heterocycles. The van der Waals surface area contributed by atoms with Gasteiger partial charge in [0, 0.05) is 11.6 Å². The van der Waals surface area contributed by atoms with Crippen molar-refractivity contribution in [3.63, 3.8) is 0 Å². The SMILES string of the molecule is CCCNc1cnnc(Nc2cc(Cl)ccc2OC)n1. The fourth-order valence-electron chi connectivity index (χ4n) is 1.59. The third-order valence-electron chi connectivity index (χ3n) is 2.52. The topological polar surface area (TPSA) is 72.0 Å². The van der Waals surface area contributed by atoms with Gasteiger partial charge in [0.1, 0.15) is 5.75 Å². The van der Waals surface area contributed by atoms with Gasteiger partial charge in [-0.2, -0.15) is 10.1 Å². The highest BCUT2D eigenvalue weighted by molar-refractivity contribution is 6.30. The van der Waals surface area contributed by atoms with E-state index in [1.54, 1.807) is 31.5 Å². The molecule has 2 aromatic rings. The summed E-state index contributed by atoms with van der Waals surface area (Å²) >= 11 is 5.98. The van der Waals surface area contributed by atoms with Crippen LogP contribution in [-0.2, 0) is 0 Å². The van der Waals surface area contributed by atoms with Crippen molar-refractivity contribution < 1.29 is 4.74 Å². The van der Waals surface area contributed by atoms with E-state index in [1.807, 2.05) is 0 Å². The van der Waals surface area contributed by atoms with E-state index >= 15 is 0 Å². The predicted molar refractivity (Wildman–Crippen MR) is 79.9 cm³/mol. The second-order valence-corrected chi connectivity index (χ2v) is 4.50. The monoisotopic (exact) mass is 293 g/mol. The van der Waals surface area contributed by atoms with E-state index in [4.69, 9.17) is 16.3 Å². The second-order valence-electron chi connectivity index (χ2n) is 4.06. The van der Waals surface area contributed by atoms with Crippen molar-refractivity contribution in [1.82, 2.24) is 15.2 Å². The van der Waals surface area contributed by atoms with Gasteiger partial charge in [-0.15, -0.1) is 5.10 Å². The van der Waals surface area contributed by atoms with Crippen LogP contribution in [0, 0.1) is 0 Å². The summed E-state index contributed by atoms with van der Waals surface area (Å²) in [6.07, 6.45) is 2.59. The van der Waals surface area contributed by atoms with Crippen LogP contribution in [0.5, 0.6) is 5.75 Å². The lowest BCUT2D eigenvalue weighted by Crippen LogP contribution is -2.06. The lowest BCUT2D eigenvalue weighted by Gasteiger charge is -2.10. The number of aromatic nitrogens is 3. The fraction of sp³-hybridized carbons (Fsp3) is 0.308. The van der Waals surface area contributed by atoms with Crippen LogP contribution in [0.3, 0.4) is 0 Å². The maximum absolute atomic E-state index is 5.98. The molecule has 0 amide bonds. The van der Waals surface area contributed by atoms with E-state index in [2.05, 4.69) is 32.7 Å². The number of ether oxygens (including phenoxy) is 1. The first-order valence-electron chi connectivity index (χ1n) is 6.27. The molecule has 0 aliphatic rings. The van der Waals surface area contributed by atoms with Gasteiger partial charge >= 0.3 is 0 Å². The first-order chi connectivity index (χ1) is 9.72. The smallest absolute Gasteiger partial charge is 0.249 e. The van der Waals surface area contributed by atoms with Crippen LogP contribution in [0.25, 0.3) is 0 Å². The molecule has 0 radical (unpaired) electrons. The van der Waals surface area contributed by atoms with E-state index in [9.17, 15) is 0 Å². The standard InChI is InChI=1S/C13H16ClN5O/c1-3-6-15-12-8-16-19-13(18-12)17-10-7-9(14)4-5-11(10)20-2/h4-5,7-8H,3,6H2,1-2H3,(H2,15,17,18,19). The Morgan fingerprint density at radius 1 is 1.35 bits per heavy atom. The van der Waals surface area contributed by atoms with Crippen molar-refractivity contribution in [1.29, 1.82) is 0 Å². The highest BCUT2D eigenvalue weighted by Gasteiger charge is 2.07. The number of methoxy groups -OCH3 is 1. The first kappa shape index (κ1) is 14.3. The summed E-state index contributed by atoms with van der Waals surface area (Å²) in [5, 5.41) is 14.6. The largest absolute Gasteiger partial charge is 0.495 e. The average Bonchev–Trinajstić information content (AvgIpc) is 2.46. The van der Waals surface area contributed by atoms with Crippen molar-refractivity contribution in [2.24, 2.45) is 0 Å². The number of halogens is 1. The highest BCUT2D eigenvalue weighted by Crippen LogP contribution is 2.29. The van der Waals surface area contributed by atoms with Gasteiger partial charge < -0.3 is 15.4 Å². The zero-order valence-electron chi connectivity index (χ0n) is 11.4. The van der Waals surface area contributed by atoms with Gasteiger partial charge in [-0.1, -0.05) is 18.5 Å². The van der Waals surface area contributed by atoms with Crippen LogP contribution >= 0.6 is 11.6 Å². The maximum atomic E-state index is 5.98. The molecule has 0 aliphatic carbocycles. The van der Waals surface area contributed by atoms with E-state index in [1.165, 1.54) is 0 Å². The lowest BCUT2D eigenvalue weighted by atomic mass is 10.3. The number of anilines is 3. The molecule has 0 saturated carbocycles. The number of hydrogen-bond acceptors (Lipinski definition) is 6. The molecule has 0 spiro atoms. The number of benzene rings is 1. The lowest BCUT2D eigenvalue weighted by molar-refractivity contribution is 0.417. The summed E-state index contributed by atoms with van der Waals surface area (Å²) in [5.74, 6) is 1.71. The summed E-state index contributed by atoms with van der Waals surface area (Å²) < 4.78 is 5.25. The van der Waals surface area contributed by atoms with Gasteiger partial charge in [-0.05, 0) is 24.6 Å². The van der Waals surface area contributed by atoms with Crippen molar-refractivity contribution in [2.75, 3.05) is 24.3 Å². The summed E-state index contributed by atoms with van der Waals surface area (Å²) in [6, 6.07) is 5.27. The molecule has 6 nitrogen and oxygen atoms in total. The van der Waals surface area contributed by atoms with Crippen molar-refractivity contribution >= 4 is 29.1 Å². The second kappa shape index (κ2) is 6.91. The summed E-state index contributed by atoms with van der Waals surface area (Å²) in [4.78, 5) is 4.32. The molecule has 2 rings (SSSR count). The minimum atomic E-state index is 0.381. The maximum Gasteiger partial charge on any atom is 0.249 e. The van der Waals surface area contributed by atoms with Crippen molar-refractivity contribution in [3.05, 3.63) is 29.4 Å².